The number of rotatable bonds is 1. The number of benzene rings is 3. The minimum atomic E-state index is 0.684. The second kappa shape index (κ2) is 4.55. The van der Waals surface area contributed by atoms with Crippen LogP contribution in [0.3, 0.4) is 0 Å². The van der Waals surface area contributed by atoms with E-state index in [1.54, 1.807) is 0 Å². The van der Waals surface area contributed by atoms with Crippen LogP contribution in [0.1, 0.15) is 35.7 Å². The van der Waals surface area contributed by atoms with Crippen LogP contribution in [0, 0.1) is 13.8 Å². The molecular formula is C22H19N. The van der Waals surface area contributed by atoms with Gasteiger partial charge in [-0.2, -0.15) is 0 Å². The van der Waals surface area contributed by atoms with E-state index < -0.39 is 0 Å². The van der Waals surface area contributed by atoms with Gasteiger partial charge in [-0.3, -0.25) is 4.98 Å². The van der Waals surface area contributed by atoms with Gasteiger partial charge in [-0.05, 0) is 59.2 Å². The van der Waals surface area contributed by atoms with E-state index in [1.165, 1.54) is 62.1 Å². The van der Waals surface area contributed by atoms with Gasteiger partial charge in [0.1, 0.15) is 0 Å². The molecule has 5 rings (SSSR count). The third-order valence-corrected chi connectivity index (χ3v) is 5.31. The van der Waals surface area contributed by atoms with Crippen molar-refractivity contribution in [3.63, 3.8) is 0 Å². The van der Waals surface area contributed by atoms with Gasteiger partial charge in [-0.1, -0.05) is 48.5 Å². The van der Waals surface area contributed by atoms with E-state index in [1.807, 2.05) is 0 Å². The summed E-state index contributed by atoms with van der Waals surface area (Å²) in [5, 5.41) is 8.13. The standard InChI is InChI=1S/C22H19N/c1-13-20-18-9-5-3-7-16(18)17-8-4-6-10-19(17)21(20)14(2)23-22(13)15-11-12-15/h3-10,15H,11-12H2,1-2H3. The molecule has 1 fully saturated rings. The van der Waals surface area contributed by atoms with Crippen molar-refractivity contribution < 1.29 is 0 Å². The number of aryl methyl sites for hydroxylation is 2. The average Bonchev–Trinajstić information content (AvgIpc) is 3.42. The maximum absolute atomic E-state index is 5.02. The van der Waals surface area contributed by atoms with Crippen molar-refractivity contribution in [2.24, 2.45) is 0 Å². The highest BCUT2D eigenvalue weighted by Crippen LogP contribution is 2.45. The molecule has 0 atom stereocenters. The highest BCUT2D eigenvalue weighted by Gasteiger charge is 2.28. The molecule has 1 saturated carbocycles. The Kier molecular flexibility index (Phi) is 2.58. The first kappa shape index (κ1) is 13.1. The third kappa shape index (κ3) is 1.77. The van der Waals surface area contributed by atoms with Crippen molar-refractivity contribution in [3.8, 4) is 0 Å². The molecule has 112 valence electrons. The van der Waals surface area contributed by atoms with Crippen LogP contribution < -0.4 is 0 Å². The van der Waals surface area contributed by atoms with Crippen molar-refractivity contribution in [2.75, 3.05) is 0 Å². The topological polar surface area (TPSA) is 12.9 Å². The Labute approximate surface area is 136 Å². The Bertz CT molecular complexity index is 1090. The van der Waals surface area contributed by atoms with E-state index >= 15 is 0 Å². The Morgan fingerprint density at radius 3 is 1.83 bits per heavy atom. The summed E-state index contributed by atoms with van der Waals surface area (Å²) in [4.78, 5) is 5.02. The Balaban J connectivity index is 2.13. The molecule has 1 heteroatoms. The molecule has 23 heavy (non-hydrogen) atoms. The summed E-state index contributed by atoms with van der Waals surface area (Å²) in [6, 6.07) is 17.6. The monoisotopic (exact) mass is 297 g/mol. The summed E-state index contributed by atoms with van der Waals surface area (Å²) < 4.78 is 0. The van der Waals surface area contributed by atoms with E-state index in [9.17, 15) is 0 Å². The van der Waals surface area contributed by atoms with E-state index in [2.05, 4.69) is 62.4 Å². The minimum Gasteiger partial charge on any atom is -0.257 e. The largest absolute Gasteiger partial charge is 0.257 e. The zero-order chi connectivity index (χ0) is 15.6. The van der Waals surface area contributed by atoms with Gasteiger partial charge in [0.25, 0.3) is 0 Å². The van der Waals surface area contributed by atoms with Crippen LogP contribution in [-0.2, 0) is 0 Å². The van der Waals surface area contributed by atoms with Crippen LogP contribution in [0.5, 0.6) is 0 Å². The lowest BCUT2D eigenvalue weighted by atomic mass is 9.90. The normalized spacial score (nSPS) is 14.9. The van der Waals surface area contributed by atoms with Gasteiger partial charge in [0, 0.05) is 22.7 Å². The second-order valence-electron chi connectivity index (χ2n) is 6.82. The fraction of sp³-hybridized carbons (Fsp3) is 0.227. The Morgan fingerprint density at radius 2 is 1.26 bits per heavy atom. The van der Waals surface area contributed by atoms with Crippen molar-refractivity contribution in [2.45, 2.75) is 32.6 Å². The lowest BCUT2D eigenvalue weighted by Gasteiger charge is -2.16. The predicted molar refractivity (Wildman–Crippen MR) is 98.2 cm³/mol. The van der Waals surface area contributed by atoms with E-state index in [-0.39, 0.29) is 0 Å². The highest BCUT2D eigenvalue weighted by molar-refractivity contribution is 6.26. The van der Waals surface area contributed by atoms with Gasteiger partial charge in [0.15, 0.2) is 0 Å². The van der Waals surface area contributed by atoms with Crippen LogP contribution in [-0.4, -0.2) is 4.98 Å². The molecule has 4 aromatic rings. The molecule has 0 N–H and O–H groups in total. The molecule has 1 nitrogen and oxygen atoms in total. The van der Waals surface area contributed by atoms with Gasteiger partial charge in [0.2, 0.25) is 0 Å². The van der Waals surface area contributed by atoms with Crippen LogP contribution in [0.2, 0.25) is 0 Å². The SMILES string of the molecule is Cc1nc(C2CC2)c(C)c2c3ccccc3c3ccccc3c12. The zero-order valence-corrected chi connectivity index (χ0v) is 13.6. The fourth-order valence-electron chi connectivity index (χ4n) is 4.11. The first-order valence-electron chi connectivity index (χ1n) is 8.46. The van der Waals surface area contributed by atoms with Crippen molar-refractivity contribution in [1.29, 1.82) is 0 Å². The lowest BCUT2D eigenvalue weighted by molar-refractivity contribution is 0.987. The summed E-state index contributed by atoms with van der Waals surface area (Å²) in [6.45, 7) is 4.44. The molecule has 3 aromatic carbocycles. The fourth-order valence-corrected chi connectivity index (χ4v) is 4.11. The highest BCUT2D eigenvalue weighted by atomic mass is 14.7. The Morgan fingerprint density at radius 1 is 0.739 bits per heavy atom. The maximum atomic E-state index is 5.02. The molecule has 0 unspecified atom stereocenters. The number of hydrogen-bond acceptors (Lipinski definition) is 1. The third-order valence-electron chi connectivity index (χ3n) is 5.31. The van der Waals surface area contributed by atoms with Crippen LogP contribution in [0.4, 0.5) is 0 Å². The first-order chi connectivity index (χ1) is 11.3. The average molecular weight is 297 g/mol. The molecule has 0 aliphatic heterocycles. The smallest absolute Gasteiger partial charge is 0.0473 e. The van der Waals surface area contributed by atoms with Gasteiger partial charge in [0.05, 0.1) is 0 Å². The van der Waals surface area contributed by atoms with Gasteiger partial charge in [-0.15, -0.1) is 0 Å². The molecular weight excluding hydrogens is 278 g/mol. The molecule has 1 heterocycles. The van der Waals surface area contributed by atoms with E-state index in [4.69, 9.17) is 4.98 Å². The number of aromatic nitrogens is 1. The zero-order valence-electron chi connectivity index (χ0n) is 13.6. The van der Waals surface area contributed by atoms with Crippen molar-refractivity contribution in [3.05, 3.63) is 65.5 Å². The molecule has 1 aromatic heterocycles. The molecule has 0 spiro atoms. The molecule has 0 bridgehead atoms. The first-order valence-corrected chi connectivity index (χ1v) is 8.46. The molecule has 1 aliphatic rings. The van der Waals surface area contributed by atoms with Crippen LogP contribution >= 0.6 is 0 Å². The maximum Gasteiger partial charge on any atom is 0.0473 e. The summed E-state index contributed by atoms with van der Waals surface area (Å²) >= 11 is 0. The van der Waals surface area contributed by atoms with Crippen LogP contribution in [0.15, 0.2) is 48.5 Å². The molecule has 0 radical (unpaired) electrons. The molecule has 0 amide bonds. The molecule has 1 aliphatic carbocycles. The van der Waals surface area contributed by atoms with Gasteiger partial charge in [-0.25, -0.2) is 0 Å². The van der Waals surface area contributed by atoms with E-state index in [0.29, 0.717) is 5.92 Å². The number of pyridine rings is 1. The van der Waals surface area contributed by atoms with Crippen molar-refractivity contribution in [1.82, 2.24) is 4.98 Å². The van der Waals surface area contributed by atoms with Gasteiger partial charge < -0.3 is 0 Å². The lowest BCUT2D eigenvalue weighted by Crippen LogP contribution is -1.98. The quantitative estimate of drug-likeness (QED) is 0.390. The number of nitrogens with zero attached hydrogens (tertiary/aromatic N) is 1. The number of fused-ring (bicyclic) bond motifs is 6. The van der Waals surface area contributed by atoms with Gasteiger partial charge >= 0.3 is 0 Å². The number of hydrogen-bond donors (Lipinski definition) is 0. The second-order valence-corrected chi connectivity index (χ2v) is 6.82. The summed E-state index contributed by atoms with van der Waals surface area (Å²) in [6.07, 6.45) is 2.59. The minimum absolute atomic E-state index is 0.684. The molecule has 0 saturated heterocycles. The summed E-state index contributed by atoms with van der Waals surface area (Å²) in [7, 11) is 0. The van der Waals surface area contributed by atoms with Crippen molar-refractivity contribution >= 4 is 32.3 Å². The summed E-state index contributed by atoms with van der Waals surface area (Å²) in [5.74, 6) is 0.684. The van der Waals surface area contributed by atoms with Crippen LogP contribution in [0.25, 0.3) is 32.3 Å². The predicted octanol–water partition coefficient (Wildman–Crippen LogP) is 6.04. The summed E-state index contributed by atoms with van der Waals surface area (Å²) in [5.41, 5.74) is 3.89. The Hall–Kier alpha value is -2.41. The van der Waals surface area contributed by atoms with E-state index in [0.717, 1.165) is 0 Å².